The summed E-state index contributed by atoms with van der Waals surface area (Å²) in [5.41, 5.74) is 0.0316. The number of carboxylic acid groups (broad SMARTS) is 1. The molecule has 0 aromatic heterocycles. The standard InChI is InChI=1S/C16H36P.C7H5ClO2/c1-5-9-13-17(14-10-6-2,15-11-7-3)16-12-8-4;8-6-4-2-1-3-5(6)7(9)10/h5-16H2,1-4H3;1-4H,(H,9,10)/q+1;/p-1. The van der Waals surface area contributed by atoms with E-state index in [-0.39, 0.29) is 10.6 Å². The number of carboxylic acids is 1. The molecule has 1 aromatic carbocycles. The van der Waals surface area contributed by atoms with E-state index in [2.05, 4.69) is 27.7 Å². The highest BCUT2D eigenvalue weighted by Gasteiger charge is 2.34. The molecule has 0 atom stereocenters. The van der Waals surface area contributed by atoms with E-state index in [0.717, 1.165) is 0 Å². The number of aromatic carboxylic acids is 1. The Balaban J connectivity index is 0.000000569. The fourth-order valence-electron chi connectivity index (χ4n) is 3.27. The molecule has 0 heterocycles. The molecule has 0 N–H and O–H groups in total. The van der Waals surface area contributed by atoms with Gasteiger partial charge in [0.2, 0.25) is 0 Å². The van der Waals surface area contributed by atoms with E-state index in [4.69, 9.17) is 11.6 Å². The quantitative estimate of drug-likeness (QED) is 0.329. The van der Waals surface area contributed by atoms with Crippen LogP contribution in [-0.2, 0) is 0 Å². The Morgan fingerprint density at radius 1 is 0.815 bits per heavy atom. The van der Waals surface area contributed by atoms with E-state index in [1.165, 1.54) is 63.5 Å². The third-order valence-electron chi connectivity index (χ3n) is 5.04. The summed E-state index contributed by atoms with van der Waals surface area (Å²) in [5, 5.41) is 10.4. The van der Waals surface area contributed by atoms with Crippen LogP contribution in [0.2, 0.25) is 5.02 Å². The van der Waals surface area contributed by atoms with Gasteiger partial charge in [-0.2, -0.15) is 0 Å². The first-order chi connectivity index (χ1) is 13.0. The zero-order chi connectivity index (χ0) is 20.5. The van der Waals surface area contributed by atoms with Gasteiger partial charge in [0.15, 0.2) is 0 Å². The van der Waals surface area contributed by atoms with Crippen LogP contribution in [0.5, 0.6) is 0 Å². The highest BCUT2D eigenvalue weighted by Crippen LogP contribution is 2.61. The second-order valence-corrected chi connectivity index (χ2v) is 12.3. The topological polar surface area (TPSA) is 40.1 Å². The molecule has 0 spiro atoms. The largest absolute Gasteiger partial charge is 0.545 e. The Labute approximate surface area is 173 Å². The van der Waals surface area contributed by atoms with Gasteiger partial charge in [0.05, 0.1) is 30.6 Å². The molecule has 0 fully saturated rings. The summed E-state index contributed by atoms with van der Waals surface area (Å²) in [4.78, 5) is 10.2. The molecule has 1 rings (SSSR count). The molecule has 0 saturated heterocycles. The van der Waals surface area contributed by atoms with Crippen LogP contribution in [0, 0.1) is 0 Å². The molecule has 0 bridgehead atoms. The lowest BCUT2D eigenvalue weighted by atomic mass is 10.2. The van der Waals surface area contributed by atoms with Crippen LogP contribution >= 0.6 is 18.9 Å². The normalized spacial score (nSPS) is 11.0. The van der Waals surface area contributed by atoms with E-state index >= 15 is 0 Å². The van der Waals surface area contributed by atoms with Crippen molar-refractivity contribution in [2.75, 3.05) is 24.6 Å². The number of halogens is 1. The summed E-state index contributed by atoms with van der Waals surface area (Å²) >= 11 is 5.50. The number of unbranched alkanes of at least 4 members (excludes halogenated alkanes) is 4. The van der Waals surface area contributed by atoms with E-state index in [0.29, 0.717) is 0 Å². The minimum Gasteiger partial charge on any atom is -0.545 e. The molecule has 0 radical (unpaired) electrons. The predicted octanol–water partition coefficient (Wildman–Crippen LogP) is 6.91. The van der Waals surface area contributed by atoms with E-state index in [1.54, 1.807) is 36.8 Å². The van der Waals surface area contributed by atoms with Crippen LogP contribution in [0.3, 0.4) is 0 Å². The monoisotopic (exact) mass is 414 g/mol. The van der Waals surface area contributed by atoms with Crippen molar-refractivity contribution in [3.8, 4) is 0 Å². The number of hydrogen-bond donors (Lipinski definition) is 0. The van der Waals surface area contributed by atoms with Gasteiger partial charge < -0.3 is 9.90 Å². The summed E-state index contributed by atoms with van der Waals surface area (Å²) in [6.07, 6.45) is 17.9. The Kier molecular flexibility index (Phi) is 16.0. The van der Waals surface area contributed by atoms with Crippen LogP contribution in [0.4, 0.5) is 0 Å². The Hall–Kier alpha value is -0.590. The first-order valence-electron chi connectivity index (χ1n) is 10.8. The van der Waals surface area contributed by atoms with Crippen LogP contribution < -0.4 is 5.11 Å². The summed E-state index contributed by atoms with van der Waals surface area (Å²) in [6.45, 7) is 9.42. The molecule has 156 valence electrons. The average molecular weight is 415 g/mol. The van der Waals surface area contributed by atoms with Crippen LogP contribution in [0.1, 0.15) is 89.4 Å². The van der Waals surface area contributed by atoms with Crippen LogP contribution in [0.15, 0.2) is 24.3 Å². The minimum absolute atomic E-state index is 0.0316. The van der Waals surface area contributed by atoms with Crippen molar-refractivity contribution >= 4 is 24.8 Å². The summed E-state index contributed by atoms with van der Waals surface area (Å²) in [7, 11) is -0.562. The molecule has 0 aliphatic rings. The molecule has 0 aliphatic carbocycles. The van der Waals surface area contributed by atoms with Gasteiger partial charge >= 0.3 is 0 Å². The van der Waals surface area contributed by atoms with Crippen molar-refractivity contribution in [1.82, 2.24) is 0 Å². The van der Waals surface area contributed by atoms with Gasteiger partial charge in [0.1, 0.15) is 0 Å². The van der Waals surface area contributed by atoms with Crippen LogP contribution in [0.25, 0.3) is 0 Å². The van der Waals surface area contributed by atoms with Crippen molar-refractivity contribution in [2.45, 2.75) is 79.1 Å². The lowest BCUT2D eigenvalue weighted by molar-refractivity contribution is -0.255. The molecular weight excluding hydrogens is 375 g/mol. The van der Waals surface area contributed by atoms with Crippen molar-refractivity contribution in [3.63, 3.8) is 0 Å². The third kappa shape index (κ3) is 11.8. The lowest BCUT2D eigenvalue weighted by Crippen LogP contribution is -2.22. The highest BCUT2D eigenvalue weighted by atomic mass is 35.5. The Morgan fingerprint density at radius 2 is 1.19 bits per heavy atom. The predicted molar refractivity (Wildman–Crippen MR) is 122 cm³/mol. The van der Waals surface area contributed by atoms with Gasteiger partial charge in [0, 0.05) is 17.8 Å². The molecule has 4 heteroatoms. The Bertz CT molecular complexity index is 467. The summed E-state index contributed by atoms with van der Waals surface area (Å²) < 4.78 is 0. The zero-order valence-electron chi connectivity index (χ0n) is 17.9. The molecule has 1 aromatic rings. The molecule has 27 heavy (non-hydrogen) atoms. The first-order valence-corrected chi connectivity index (χ1v) is 13.7. The molecule has 2 nitrogen and oxygen atoms in total. The lowest BCUT2D eigenvalue weighted by Gasteiger charge is -2.28. The van der Waals surface area contributed by atoms with Gasteiger partial charge in [-0.25, -0.2) is 0 Å². The van der Waals surface area contributed by atoms with Gasteiger partial charge in [-0.05, 0) is 31.7 Å². The van der Waals surface area contributed by atoms with Gasteiger partial charge in [-0.3, -0.25) is 0 Å². The SMILES string of the molecule is CCCC[P+](CCCC)(CCCC)CCCC.O=C([O-])c1ccccc1Cl. The maximum absolute atomic E-state index is 10.2. The second kappa shape index (κ2) is 16.4. The van der Waals surface area contributed by atoms with Gasteiger partial charge in [-0.15, -0.1) is 0 Å². The Morgan fingerprint density at radius 3 is 1.44 bits per heavy atom. The summed E-state index contributed by atoms with van der Waals surface area (Å²) in [6, 6.07) is 6.16. The molecule has 0 aliphatic heterocycles. The molecule has 0 amide bonds. The summed E-state index contributed by atoms with van der Waals surface area (Å²) in [5.74, 6) is -1.24. The number of carbonyl (C=O) groups is 1. The van der Waals surface area contributed by atoms with E-state index in [1.807, 2.05) is 0 Å². The number of carbonyl (C=O) groups excluding carboxylic acids is 1. The fourth-order valence-corrected chi connectivity index (χ4v) is 8.77. The van der Waals surface area contributed by atoms with Crippen molar-refractivity contribution in [1.29, 1.82) is 0 Å². The minimum atomic E-state index is -1.24. The van der Waals surface area contributed by atoms with Crippen molar-refractivity contribution in [3.05, 3.63) is 34.9 Å². The molecule has 0 unspecified atom stereocenters. The molecule has 0 saturated carbocycles. The highest BCUT2D eigenvalue weighted by molar-refractivity contribution is 7.75. The average Bonchev–Trinajstić information content (AvgIpc) is 2.67. The molecular formula is C23H40ClO2P. The number of rotatable bonds is 13. The zero-order valence-corrected chi connectivity index (χ0v) is 19.6. The first kappa shape index (κ1) is 26.4. The van der Waals surface area contributed by atoms with Crippen LogP contribution in [-0.4, -0.2) is 30.6 Å². The number of benzene rings is 1. The third-order valence-corrected chi connectivity index (χ3v) is 10.4. The van der Waals surface area contributed by atoms with Crippen molar-refractivity contribution < 1.29 is 9.90 Å². The van der Waals surface area contributed by atoms with Crippen molar-refractivity contribution in [2.24, 2.45) is 0 Å². The van der Waals surface area contributed by atoms with Gasteiger partial charge in [-0.1, -0.05) is 83.2 Å². The number of hydrogen-bond acceptors (Lipinski definition) is 2. The van der Waals surface area contributed by atoms with E-state index in [9.17, 15) is 9.90 Å². The maximum Gasteiger partial charge on any atom is 0.0730 e. The van der Waals surface area contributed by atoms with Gasteiger partial charge in [0.25, 0.3) is 0 Å². The smallest absolute Gasteiger partial charge is 0.0730 e. The maximum atomic E-state index is 10.2. The van der Waals surface area contributed by atoms with E-state index < -0.39 is 13.2 Å². The fraction of sp³-hybridized carbons (Fsp3) is 0.696. The second-order valence-electron chi connectivity index (χ2n) is 7.42.